The second-order valence-corrected chi connectivity index (χ2v) is 9.69. The third-order valence-electron chi connectivity index (χ3n) is 7.72. The van der Waals surface area contributed by atoms with E-state index in [-0.39, 0.29) is 5.91 Å². The molecular formula is C25H39N3O. The van der Waals surface area contributed by atoms with Gasteiger partial charge in [-0.3, -0.25) is 14.6 Å². The van der Waals surface area contributed by atoms with Crippen molar-refractivity contribution in [3.05, 3.63) is 29.3 Å². The van der Waals surface area contributed by atoms with E-state index in [0.717, 1.165) is 41.2 Å². The molecule has 0 aromatic heterocycles. The third-order valence-corrected chi connectivity index (χ3v) is 7.72. The van der Waals surface area contributed by atoms with Crippen molar-refractivity contribution in [2.75, 3.05) is 31.5 Å². The molecule has 0 aliphatic carbocycles. The number of carbonyl (C=O) groups is 1. The Morgan fingerprint density at radius 2 is 1.86 bits per heavy atom. The van der Waals surface area contributed by atoms with Crippen molar-refractivity contribution in [3.8, 4) is 0 Å². The molecule has 4 nitrogen and oxygen atoms in total. The number of likely N-dealkylation sites (tertiary alicyclic amines) is 1. The average molecular weight is 398 g/mol. The number of nitrogens with zero attached hydrogens (tertiary/aromatic N) is 2. The number of hydrogen-bond acceptors (Lipinski definition) is 3. The Morgan fingerprint density at radius 1 is 1.14 bits per heavy atom. The molecule has 1 aromatic carbocycles. The summed E-state index contributed by atoms with van der Waals surface area (Å²) in [5.74, 6) is 1.66. The largest absolute Gasteiger partial charge is 0.324 e. The highest BCUT2D eigenvalue weighted by molar-refractivity contribution is 5.93. The summed E-state index contributed by atoms with van der Waals surface area (Å²) in [5.41, 5.74) is 3.29. The van der Waals surface area contributed by atoms with Gasteiger partial charge in [-0.15, -0.1) is 0 Å². The normalized spacial score (nSPS) is 30.0. The lowest BCUT2D eigenvalue weighted by Gasteiger charge is -2.57. The molecule has 1 aromatic rings. The maximum absolute atomic E-state index is 13.1. The van der Waals surface area contributed by atoms with Crippen molar-refractivity contribution in [2.45, 2.75) is 77.8 Å². The first-order valence-electron chi connectivity index (χ1n) is 11.9. The van der Waals surface area contributed by atoms with Gasteiger partial charge >= 0.3 is 0 Å². The van der Waals surface area contributed by atoms with Crippen molar-refractivity contribution in [3.63, 3.8) is 0 Å². The van der Waals surface area contributed by atoms with Crippen LogP contribution in [-0.4, -0.2) is 54.0 Å². The van der Waals surface area contributed by atoms with Crippen LogP contribution in [0.25, 0.3) is 0 Å². The van der Waals surface area contributed by atoms with Crippen LogP contribution in [-0.2, 0) is 4.79 Å². The van der Waals surface area contributed by atoms with Gasteiger partial charge in [0.05, 0.1) is 6.54 Å². The summed E-state index contributed by atoms with van der Waals surface area (Å²) in [6.07, 6.45) is 9.11. The van der Waals surface area contributed by atoms with E-state index in [1.165, 1.54) is 58.0 Å². The molecule has 1 N–H and O–H groups in total. The number of nitrogens with one attached hydrogen (secondary N) is 1. The number of aryl methyl sites for hydroxylation is 2. The third kappa shape index (κ3) is 4.39. The molecule has 160 valence electrons. The molecule has 3 aliphatic rings. The zero-order valence-electron chi connectivity index (χ0n) is 18.6. The molecule has 0 saturated carbocycles. The van der Waals surface area contributed by atoms with Crippen LogP contribution in [0.3, 0.4) is 0 Å². The summed E-state index contributed by atoms with van der Waals surface area (Å²) < 4.78 is 0. The Balaban J connectivity index is 1.50. The minimum absolute atomic E-state index is 0.158. The highest BCUT2D eigenvalue weighted by Crippen LogP contribution is 2.43. The van der Waals surface area contributed by atoms with Gasteiger partial charge in [0, 0.05) is 24.3 Å². The molecular weight excluding hydrogens is 358 g/mol. The molecule has 4 heteroatoms. The quantitative estimate of drug-likeness (QED) is 0.761. The average Bonchev–Trinajstić information content (AvgIpc) is 2.71. The van der Waals surface area contributed by atoms with E-state index in [9.17, 15) is 4.79 Å². The molecule has 0 bridgehead atoms. The van der Waals surface area contributed by atoms with E-state index in [1.807, 2.05) is 0 Å². The van der Waals surface area contributed by atoms with Crippen LogP contribution < -0.4 is 5.32 Å². The number of unbranched alkanes of at least 4 members (excludes halogenated alkanes) is 1. The Hall–Kier alpha value is -1.39. The van der Waals surface area contributed by atoms with Gasteiger partial charge in [0.2, 0.25) is 5.91 Å². The molecule has 0 spiro atoms. The maximum atomic E-state index is 13.1. The predicted molar refractivity (Wildman–Crippen MR) is 120 cm³/mol. The molecule has 4 atom stereocenters. The minimum atomic E-state index is 0.158. The zero-order chi connectivity index (χ0) is 20.4. The van der Waals surface area contributed by atoms with Gasteiger partial charge in [-0.1, -0.05) is 38.0 Å². The van der Waals surface area contributed by atoms with E-state index in [4.69, 9.17) is 0 Å². The fraction of sp³-hybridized carbons (Fsp3) is 0.720. The van der Waals surface area contributed by atoms with Gasteiger partial charge in [0.1, 0.15) is 0 Å². The van der Waals surface area contributed by atoms with E-state index in [0.29, 0.717) is 12.6 Å². The molecule has 3 saturated heterocycles. The fourth-order valence-electron chi connectivity index (χ4n) is 6.45. The first-order valence-corrected chi connectivity index (χ1v) is 11.9. The lowest BCUT2D eigenvalue weighted by molar-refractivity contribution is -0.123. The Labute approximate surface area is 177 Å². The summed E-state index contributed by atoms with van der Waals surface area (Å²) in [6, 6.07) is 7.57. The first kappa shape index (κ1) is 20.9. The van der Waals surface area contributed by atoms with Crippen molar-refractivity contribution in [2.24, 2.45) is 11.8 Å². The van der Waals surface area contributed by atoms with Crippen LogP contribution >= 0.6 is 0 Å². The number of para-hydroxylation sites is 1. The van der Waals surface area contributed by atoms with Crippen LogP contribution in [0, 0.1) is 25.7 Å². The van der Waals surface area contributed by atoms with Gasteiger partial charge in [-0.05, 0) is 82.0 Å². The van der Waals surface area contributed by atoms with Crippen LogP contribution in [0.1, 0.15) is 63.0 Å². The van der Waals surface area contributed by atoms with E-state index < -0.39 is 0 Å². The second-order valence-electron chi connectivity index (χ2n) is 9.69. The van der Waals surface area contributed by atoms with Crippen molar-refractivity contribution >= 4 is 11.6 Å². The number of benzene rings is 1. The molecule has 29 heavy (non-hydrogen) atoms. The van der Waals surface area contributed by atoms with Gasteiger partial charge in [0.25, 0.3) is 0 Å². The standard InChI is InChI=1S/C25H39N3O/c1-4-5-13-22-21-12-8-15-27-14-7-11-20(25(21)27)16-28(22)17-23(29)26-24-18(2)9-6-10-19(24)3/h6,9-10,20-22,25H,4-5,7-8,11-17H2,1-3H3,(H,26,29)/t20-,21+,22+,25-/m0/s1. The van der Waals surface area contributed by atoms with Gasteiger partial charge < -0.3 is 5.32 Å². The number of hydrogen-bond donors (Lipinski definition) is 1. The fourth-order valence-corrected chi connectivity index (χ4v) is 6.45. The van der Waals surface area contributed by atoms with E-state index >= 15 is 0 Å². The van der Waals surface area contributed by atoms with Crippen molar-refractivity contribution < 1.29 is 4.79 Å². The molecule has 0 radical (unpaired) electrons. The molecule has 0 unspecified atom stereocenters. The summed E-state index contributed by atoms with van der Waals surface area (Å²) in [5, 5.41) is 3.24. The highest BCUT2D eigenvalue weighted by Gasteiger charge is 2.48. The monoisotopic (exact) mass is 397 g/mol. The summed E-state index contributed by atoms with van der Waals surface area (Å²) >= 11 is 0. The Kier molecular flexibility index (Phi) is 6.60. The zero-order valence-corrected chi connectivity index (χ0v) is 18.6. The van der Waals surface area contributed by atoms with E-state index in [2.05, 4.69) is 54.1 Å². The van der Waals surface area contributed by atoms with Crippen LogP contribution in [0.5, 0.6) is 0 Å². The SMILES string of the molecule is CCCC[C@@H]1[C@H]2CCCN3CCC[C@@H](CN1CC(=O)Nc1c(C)cccc1C)[C@@H]23. The second kappa shape index (κ2) is 9.18. The predicted octanol–water partition coefficient (Wildman–Crippen LogP) is 4.61. The summed E-state index contributed by atoms with van der Waals surface area (Å²) in [4.78, 5) is 18.4. The molecule has 1 amide bonds. The van der Waals surface area contributed by atoms with Crippen LogP contribution in [0.4, 0.5) is 5.69 Å². The number of rotatable bonds is 6. The highest BCUT2D eigenvalue weighted by atomic mass is 16.2. The van der Waals surface area contributed by atoms with Crippen molar-refractivity contribution in [1.29, 1.82) is 0 Å². The van der Waals surface area contributed by atoms with Crippen LogP contribution in [0.15, 0.2) is 18.2 Å². The number of piperidine rings is 3. The summed E-state index contributed by atoms with van der Waals surface area (Å²) in [6.45, 7) is 10.7. The maximum Gasteiger partial charge on any atom is 0.238 e. The minimum Gasteiger partial charge on any atom is -0.324 e. The molecule has 3 fully saturated rings. The smallest absolute Gasteiger partial charge is 0.238 e. The Morgan fingerprint density at radius 3 is 2.59 bits per heavy atom. The van der Waals surface area contributed by atoms with Crippen molar-refractivity contribution in [1.82, 2.24) is 9.80 Å². The van der Waals surface area contributed by atoms with Gasteiger partial charge in [0.15, 0.2) is 0 Å². The molecule has 4 rings (SSSR count). The van der Waals surface area contributed by atoms with Gasteiger partial charge in [-0.25, -0.2) is 0 Å². The van der Waals surface area contributed by atoms with Crippen LogP contribution in [0.2, 0.25) is 0 Å². The first-order chi connectivity index (χ1) is 14.1. The lowest BCUT2D eigenvalue weighted by atomic mass is 9.69. The molecule has 3 aliphatic heterocycles. The topological polar surface area (TPSA) is 35.6 Å². The number of carbonyl (C=O) groups excluding carboxylic acids is 1. The Bertz CT molecular complexity index is 696. The molecule has 3 heterocycles. The summed E-state index contributed by atoms with van der Waals surface area (Å²) in [7, 11) is 0. The van der Waals surface area contributed by atoms with E-state index in [1.54, 1.807) is 0 Å². The van der Waals surface area contributed by atoms with Gasteiger partial charge in [-0.2, -0.15) is 0 Å². The number of amides is 1. The number of anilines is 1. The lowest BCUT2D eigenvalue weighted by Crippen LogP contribution is -2.65.